The highest BCUT2D eigenvalue weighted by molar-refractivity contribution is 6.30. The van der Waals surface area contributed by atoms with E-state index < -0.39 is 12.1 Å². The lowest BCUT2D eigenvalue weighted by molar-refractivity contribution is -0.155. The van der Waals surface area contributed by atoms with Crippen molar-refractivity contribution in [3.05, 3.63) is 59.1 Å². The SMILES string of the molecule is C[C@H](OC(=O)COc1ccc(Cl)cc1)C(=O)N1CCc2ccccc21. The number of fused-ring (bicyclic) bond motifs is 1. The molecule has 0 unspecified atom stereocenters. The van der Waals surface area contributed by atoms with Gasteiger partial charge in [0.05, 0.1) is 0 Å². The molecule has 0 spiro atoms. The smallest absolute Gasteiger partial charge is 0.344 e. The number of carbonyl (C=O) groups is 2. The van der Waals surface area contributed by atoms with Crippen molar-refractivity contribution in [2.45, 2.75) is 19.4 Å². The van der Waals surface area contributed by atoms with E-state index in [4.69, 9.17) is 21.1 Å². The molecule has 1 aliphatic rings. The Morgan fingerprint density at radius 3 is 2.64 bits per heavy atom. The van der Waals surface area contributed by atoms with Crippen LogP contribution in [0.25, 0.3) is 0 Å². The Hall–Kier alpha value is -2.53. The van der Waals surface area contributed by atoms with Crippen molar-refractivity contribution >= 4 is 29.2 Å². The largest absolute Gasteiger partial charge is 0.482 e. The molecule has 0 saturated heterocycles. The summed E-state index contributed by atoms with van der Waals surface area (Å²) in [7, 11) is 0. The lowest BCUT2D eigenvalue weighted by Gasteiger charge is -2.21. The van der Waals surface area contributed by atoms with Crippen molar-refractivity contribution < 1.29 is 19.1 Å². The molecule has 5 nitrogen and oxygen atoms in total. The molecule has 1 amide bonds. The Bertz CT molecular complexity index is 775. The van der Waals surface area contributed by atoms with Crippen LogP contribution in [0.4, 0.5) is 5.69 Å². The molecular weight excluding hydrogens is 342 g/mol. The number of hydrogen-bond acceptors (Lipinski definition) is 4. The van der Waals surface area contributed by atoms with Crippen LogP contribution in [-0.4, -0.2) is 31.1 Å². The average molecular weight is 360 g/mol. The zero-order chi connectivity index (χ0) is 17.8. The van der Waals surface area contributed by atoms with E-state index in [0.29, 0.717) is 17.3 Å². The first-order chi connectivity index (χ1) is 12.0. The van der Waals surface area contributed by atoms with E-state index in [1.165, 1.54) is 0 Å². The maximum Gasteiger partial charge on any atom is 0.344 e. The van der Waals surface area contributed by atoms with Gasteiger partial charge in [0.1, 0.15) is 5.75 Å². The molecular formula is C19H18ClNO4. The summed E-state index contributed by atoms with van der Waals surface area (Å²) in [5, 5.41) is 0.583. The molecule has 0 bridgehead atoms. The van der Waals surface area contributed by atoms with Gasteiger partial charge in [-0.3, -0.25) is 4.79 Å². The normalized spacial score (nSPS) is 13.9. The molecule has 0 N–H and O–H groups in total. The lowest BCUT2D eigenvalue weighted by Crippen LogP contribution is -2.39. The molecule has 1 atom stereocenters. The highest BCUT2D eigenvalue weighted by atomic mass is 35.5. The van der Waals surface area contributed by atoms with Gasteiger partial charge in [0.25, 0.3) is 5.91 Å². The molecule has 6 heteroatoms. The van der Waals surface area contributed by atoms with Crippen LogP contribution < -0.4 is 9.64 Å². The topological polar surface area (TPSA) is 55.8 Å². The first kappa shape index (κ1) is 17.3. The van der Waals surface area contributed by atoms with Crippen LogP contribution in [-0.2, 0) is 20.7 Å². The quantitative estimate of drug-likeness (QED) is 0.769. The van der Waals surface area contributed by atoms with Crippen molar-refractivity contribution in [3.63, 3.8) is 0 Å². The second kappa shape index (κ2) is 7.57. The number of rotatable bonds is 5. The van der Waals surface area contributed by atoms with Gasteiger partial charge in [-0.15, -0.1) is 0 Å². The number of para-hydroxylation sites is 1. The van der Waals surface area contributed by atoms with Gasteiger partial charge < -0.3 is 14.4 Å². The predicted molar refractivity (Wildman–Crippen MR) is 95.0 cm³/mol. The number of ether oxygens (including phenoxy) is 2. The van der Waals surface area contributed by atoms with Gasteiger partial charge in [0, 0.05) is 17.3 Å². The van der Waals surface area contributed by atoms with Crippen LogP contribution in [0.15, 0.2) is 48.5 Å². The maximum absolute atomic E-state index is 12.5. The Labute approximate surface area is 151 Å². The third-order valence-electron chi connectivity index (χ3n) is 3.98. The van der Waals surface area contributed by atoms with E-state index >= 15 is 0 Å². The number of anilines is 1. The highest BCUT2D eigenvalue weighted by Gasteiger charge is 2.29. The average Bonchev–Trinajstić information content (AvgIpc) is 3.04. The van der Waals surface area contributed by atoms with Crippen molar-refractivity contribution in [3.8, 4) is 5.75 Å². The van der Waals surface area contributed by atoms with E-state index in [-0.39, 0.29) is 12.5 Å². The van der Waals surface area contributed by atoms with Crippen molar-refractivity contribution in [1.29, 1.82) is 0 Å². The van der Waals surface area contributed by atoms with Crippen LogP contribution in [0.3, 0.4) is 0 Å². The fourth-order valence-corrected chi connectivity index (χ4v) is 2.87. The minimum atomic E-state index is -0.868. The standard InChI is InChI=1S/C19H18ClNO4/c1-13(19(23)21-11-10-14-4-2-3-5-17(14)21)25-18(22)12-24-16-8-6-15(20)7-9-16/h2-9,13H,10-12H2,1H3/t13-/m0/s1. The zero-order valence-corrected chi connectivity index (χ0v) is 14.5. The number of halogens is 1. The molecule has 0 saturated carbocycles. The zero-order valence-electron chi connectivity index (χ0n) is 13.8. The lowest BCUT2D eigenvalue weighted by atomic mass is 10.2. The van der Waals surface area contributed by atoms with Crippen LogP contribution in [0.5, 0.6) is 5.75 Å². The summed E-state index contributed by atoms with van der Waals surface area (Å²) < 4.78 is 10.5. The van der Waals surface area contributed by atoms with Crippen molar-refractivity contribution in [2.24, 2.45) is 0 Å². The van der Waals surface area contributed by atoms with Gasteiger partial charge in [-0.05, 0) is 49.2 Å². The second-order valence-corrected chi connectivity index (χ2v) is 6.18. The first-order valence-electron chi connectivity index (χ1n) is 8.02. The predicted octanol–water partition coefficient (Wildman–Crippen LogP) is 3.24. The molecule has 0 fully saturated rings. The number of esters is 1. The van der Waals surface area contributed by atoms with Crippen LogP contribution in [0.2, 0.25) is 5.02 Å². The van der Waals surface area contributed by atoms with E-state index in [1.54, 1.807) is 36.1 Å². The van der Waals surface area contributed by atoms with Gasteiger partial charge in [-0.2, -0.15) is 0 Å². The van der Waals surface area contributed by atoms with Gasteiger partial charge in [0.2, 0.25) is 0 Å². The molecule has 2 aromatic rings. The Morgan fingerprint density at radius 2 is 1.88 bits per heavy atom. The molecule has 130 valence electrons. The van der Waals surface area contributed by atoms with Crippen molar-refractivity contribution in [2.75, 3.05) is 18.1 Å². The summed E-state index contributed by atoms with van der Waals surface area (Å²) in [6.45, 7) is 1.90. The fourth-order valence-electron chi connectivity index (χ4n) is 2.74. The molecule has 0 aromatic heterocycles. The number of amides is 1. The van der Waals surface area contributed by atoms with Crippen LogP contribution in [0, 0.1) is 0 Å². The summed E-state index contributed by atoms with van der Waals surface area (Å²) in [4.78, 5) is 26.1. The summed E-state index contributed by atoms with van der Waals surface area (Å²) in [5.41, 5.74) is 2.01. The number of hydrogen-bond donors (Lipinski definition) is 0. The summed E-state index contributed by atoms with van der Waals surface area (Å²) in [5.74, 6) is -0.318. The summed E-state index contributed by atoms with van der Waals surface area (Å²) in [6, 6.07) is 14.4. The Balaban J connectivity index is 1.53. The summed E-state index contributed by atoms with van der Waals surface area (Å²) in [6.07, 6.45) is -0.0603. The molecule has 1 aliphatic heterocycles. The molecule has 2 aromatic carbocycles. The molecule has 0 aliphatic carbocycles. The highest BCUT2D eigenvalue weighted by Crippen LogP contribution is 2.28. The monoisotopic (exact) mass is 359 g/mol. The third kappa shape index (κ3) is 4.12. The fraction of sp³-hybridized carbons (Fsp3) is 0.263. The van der Waals surface area contributed by atoms with Crippen LogP contribution in [0.1, 0.15) is 12.5 Å². The molecule has 3 rings (SSSR count). The minimum absolute atomic E-state index is 0.232. The van der Waals surface area contributed by atoms with Gasteiger partial charge in [0.15, 0.2) is 12.7 Å². The molecule has 25 heavy (non-hydrogen) atoms. The molecule has 1 heterocycles. The van der Waals surface area contributed by atoms with Gasteiger partial charge in [-0.25, -0.2) is 4.79 Å². The maximum atomic E-state index is 12.5. The third-order valence-corrected chi connectivity index (χ3v) is 4.23. The second-order valence-electron chi connectivity index (χ2n) is 5.74. The first-order valence-corrected chi connectivity index (χ1v) is 8.39. The van der Waals surface area contributed by atoms with Crippen LogP contribution >= 0.6 is 11.6 Å². The minimum Gasteiger partial charge on any atom is -0.482 e. The van der Waals surface area contributed by atoms with Crippen molar-refractivity contribution in [1.82, 2.24) is 0 Å². The van der Waals surface area contributed by atoms with Gasteiger partial charge in [-0.1, -0.05) is 29.8 Å². The van der Waals surface area contributed by atoms with E-state index in [0.717, 1.165) is 17.7 Å². The number of carbonyl (C=O) groups excluding carboxylic acids is 2. The Morgan fingerprint density at radius 1 is 1.16 bits per heavy atom. The summed E-state index contributed by atoms with van der Waals surface area (Å²) >= 11 is 5.79. The van der Waals surface area contributed by atoms with E-state index in [2.05, 4.69) is 0 Å². The number of benzene rings is 2. The van der Waals surface area contributed by atoms with Gasteiger partial charge >= 0.3 is 5.97 Å². The van der Waals surface area contributed by atoms with E-state index in [1.807, 2.05) is 24.3 Å². The Kier molecular flexibility index (Phi) is 5.24. The number of nitrogens with zero attached hydrogens (tertiary/aromatic N) is 1. The van der Waals surface area contributed by atoms with E-state index in [9.17, 15) is 9.59 Å². The molecule has 0 radical (unpaired) electrons.